The molecule has 0 radical (unpaired) electrons. The van der Waals surface area contributed by atoms with Gasteiger partial charge in [-0.05, 0) is 6.42 Å². The molecule has 0 aliphatic heterocycles. The van der Waals surface area contributed by atoms with Crippen LogP contribution in [0.5, 0.6) is 0 Å². The van der Waals surface area contributed by atoms with Crippen molar-refractivity contribution in [1.29, 1.82) is 0 Å². The molecule has 12 heavy (non-hydrogen) atoms. The maximum Gasteiger partial charge on any atom is 0.219 e. The van der Waals surface area contributed by atoms with Gasteiger partial charge in [0, 0.05) is 5.92 Å². The standard InChI is InChI=1S/C7H15NO3S/c1-4-6(12(8,10)11)7(9)5(2)3/h5-6H,4H2,1-3H3,(H2,8,10,11). The van der Waals surface area contributed by atoms with Gasteiger partial charge in [-0.25, -0.2) is 13.6 Å². The van der Waals surface area contributed by atoms with Crippen molar-refractivity contribution in [2.75, 3.05) is 0 Å². The first-order valence-electron chi connectivity index (χ1n) is 3.86. The number of rotatable bonds is 4. The van der Waals surface area contributed by atoms with E-state index in [0.29, 0.717) is 0 Å². The van der Waals surface area contributed by atoms with Crippen LogP contribution in [0.2, 0.25) is 0 Å². The first-order chi connectivity index (χ1) is 5.30. The minimum atomic E-state index is -3.71. The molecule has 0 aromatic heterocycles. The van der Waals surface area contributed by atoms with Crippen molar-refractivity contribution in [1.82, 2.24) is 0 Å². The average Bonchev–Trinajstić information content (AvgIpc) is 1.85. The Labute approximate surface area is 73.2 Å². The number of nitrogens with two attached hydrogens (primary N) is 1. The van der Waals surface area contributed by atoms with Crippen molar-refractivity contribution < 1.29 is 13.2 Å². The highest BCUT2D eigenvalue weighted by Crippen LogP contribution is 2.09. The first-order valence-corrected chi connectivity index (χ1v) is 5.47. The zero-order valence-electron chi connectivity index (χ0n) is 7.57. The largest absolute Gasteiger partial charge is 0.298 e. The Kier molecular flexibility index (Phi) is 3.86. The third-order valence-corrected chi connectivity index (χ3v) is 3.01. The van der Waals surface area contributed by atoms with E-state index in [1.807, 2.05) is 0 Å². The molecular weight excluding hydrogens is 178 g/mol. The summed E-state index contributed by atoms with van der Waals surface area (Å²) in [5.41, 5.74) is 0. The van der Waals surface area contributed by atoms with E-state index in [4.69, 9.17) is 5.14 Å². The number of sulfonamides is 1. The third-order valence-electron chi connectivity index (χ3n) is 1.65. The Morgan fingerprint density at radius 2 is 1.83 bits per heavy atom. The molecule has 0 aliphatic carbocycles. The van der Waals surface area contributed by atoms with Gasteiger partial charge in [0.2, 0.25) is 10.0 Å². The van der Waals surface area contributed by atoms with E-state index in [1.54, 1.807) is 20.8 Å². The maximum atomic E-state index is 11.3. The van der Waals surface area contributed by atoms with Crippen molar-refractivity contribution in [2.45, 2.75) is 32.4 Å². The fraction of sp³-hybridized carbons (Fsp3) is 0.857. The summed E-state index contributed by atoms with van der Waals surface area (Å²) >= 11 is 0. The molecule has 0 rings (SSSR count). The Hall–Kier alpha value is -0.420. The zero-order chi connectivity index (χ0) is 9.94. The predicted octanol–water partition coefficient (Wildman–Crippen LogP) is 0.279. The number of carbonyl (C=O) groups excluding carboxylic acids is 1. The van der Waals surface area contributed by atoms with Crippen molar-refractivity contribution in [3.8, 4) is 0 Å². The summed E-state index contributed by atoms with van der Waals surface area (Å²) in [4.78, 5) is 11.3. The van der Waals surface area contributed by atoms with Gasteiger partial charge in [-0.3, -0.25) is 4.79 Å². The number of hydrogen-bond acceptors (Lipinski definition) is 3. The molecule has 0 amide bonds. The van der Waals surface area contributed by atoms with Gasteiger partial charge in [0.15, 0.2) is 5.78 Å². The summed E-state index contributed by atoms with van der Waals surface area (Å²) in [6.45, 7) is 4.96. The number of hydrogen-bond donors (Lipinski definition) is 1. The van der Waals surface area contributed by atoms with Crippen LogP contribution < -0.4 is 5.14 Å². The van der Waals surface area contributed by atoms with Crippen LogP contribution in [0.15, 0.2) is 0 Å². The quantitative estimate of drug-likeness (QED) is 0.696. The lowest BCUT2D eigenvalue weighted by atomic mass is 10.1. The van der Waals surface area contributed by atoms with Crippen molar-refractivity contribution in [3.63, 3.8) is 0 Å². The summed E-state index contributed by atoms with van der Waals surface area (Å²) in [7, 11) is -3.71. The van der Waals surface area contributed by atoms with Crippen molar-refractivity contribution >= 4 is 15.8 Å². The van der Waals surface area contributed by atoms with Gasteiger partial charge in [0.1, 0.15) is 5.25 Å². The Bertz CT molecular complexity index is 256. The summed E-state index contributed by atoms with van der Waals surface area (Å²) < 4.78 is 21.7. The third kappa shape index (κ3) is 2.91. The summed E-state index contributed by atoms with van der Waals surface area (Å²) in [6.07, 6.45) is 0.246. The number of Topliss-reactive ketones (excluding diaryl/α,β-unsaturated/α-hetero) is 1. The average molecular weight is 193 g/mol. The zero-order valence-corrected chi connectivity index (χ0v) is 8.39. The monoisotopic (exact) mass is 193 g/mol. The molecule has 1 unspecified atom stereocenters. The molecule has 2 N–H and O–H groups in total. The molecule has 0 bridgehead atoms. The molecule has 5 heteroatoms. The van der Waals surface area contributed by atoms with Gasteiger partial charge >= 0.3 is 0 Å². The van der Waals surface area contributed by atoms with Gasteiger partial charge in [0.25, 0.3) is 0 Å². The molecule has 0 heterocycles. The molecule has 0 aliphatic rings. The second-order valence-electron chi connectivity index (χ2n) is 3.04. The van der Waals surface area contributed by atoms with Crippen LogP contribution in [0.3, 0.4) is 0 Å². The lowest BCUT2D eigenvalue weighted by Gasteiger charge is -2.12. The van der Waals surface area contributed by atoms with Crippen LogP contribution in [-0.2, 0) is 14.8 Å². The minimum Gasteiger partial charge on any atom is -0.298 e. The van der Waals surface area contributed by atoms with Crippen LogP contribution in [0, 0.1) is 5.92 Å². The van der Waals surface area contributed by atoms with E-state index in [1.165, 1.54) is 0 Å². The van der Waals surface area contributed by atoms with Gasteiger partial charge < -0.3 is 0 Å². The topological polar surface area (TPSA) is 77.2 Å². The second kappa shape index (κ2) is 4.00. The minimum absolute atomic E-state index is 0.246. The molecule has 1 atom stereocenters. The van der Waals surface area contributed by atoms with E-state index in [2.05, 4.69) is 0 Å². The molecular formula is C7H15NO3S. The highest BCUT2D eigenvalue weighted by Gasteiger charge is 2.28. The van der Waals surface area contributed by atoms with E-state index < -0.39 is 15.3 Å². The SMILES string of the molecule is CCC(C(=O)C(C)C)S(N)(=O)=O. The molecule has 0 saturated carbocycles. The van der Waals surface area contributed by atoms with Crippen LogP contribution in [0.1, 0.15) is 27.2 Å². The molecule has 0 aromatic rings. The number of primary sulfonamides is 1. The highest BCUT2D eigenvalue weighted by molar-refractivity contribution is 7.90. The van der Waals surface area contributed by atoms with Crippen LogP contribution >= 0.6 is 0 Å². The normalized spacial score (nSPS) is 14.8. The molecule has 0 spiro atoms. The second-order valence-corrected chi connectivity index (χ2v) is 4.79. The fourth-order valence-corrected chi connectivity index (χ4v) is 2.03. The highest BCUT2D eigenvalue weighted by atomic mass is 32.2. The molecule has 0 saturated heterocycles. The van der Waals surface area contributed by atoms with Crippen molar-refractivity contribution in [2.24, 2.45) is 11.1 Å². The van der Waals surface area contributed by atoms with Gasteiger partial charge in [-0.2, -0.15) is 0 Å². The van der Waals surface area contributed by atoms with Crippen LogP contribution in [-0.4, -0.2) is 19.5 Å². The Morgan fingerprint density at radius 3 is 1.92 bits per heavy atom. The first kappa shape index (κ1) is 11.6. The fourth-order valence-electron chi connectivity index (χ4n) is 0.967. The van der Waals surface area contributed by atoms with E-state index >= 15 is 0 Å². The lowest BCUT2D eigenvalue weighted by Crippen LogP contribution is -2.37. The lowest BCUT2D eigenvalue weighted by molar-refractivity contribution is -0.121. The van der Waals surface area contributed by atoms with Gasteiger partial charge in [-0.1, -0.05) is 20.8 Å². The Balaban J connectivity index is 4.71. The number of ketones is 1. The van der Waals surface area contributed by atoms with Gasteiger partial charge in [0.05, 0.1) is 0 Å². The van der Waals surface area contributed by atoms with E-state index in [-0.39, 0.29) is 18.1 Å². The molecule has 0 aromatic carbocycles. The van der Waals surface area contributed by atoms with Crippen molar-refractivity contribution in [3.05, 3.63) is 0 Å². The maximum absolute atomic E-state index is 11.3. The Morgan fingerprint density at radius 1 is 1.42 bits per heavy atom. The van der Waals surface area contributed by atoms with E-state index in [0.717, 1.165) is 0 Å². The van der Waals surface area contributed by atoms with Crippen LogP contribution in [0.4, 0.5) is 0 Å². The van der Waals surface area contributed by atoms with Gasteiger partial charge in [-0.15, -0.1) is 0 Å². The molecule has 0 fully saturated rings. The molecule has 72 valence electrons. The van der Waals surface area contributed by atoms with E-state index in [9.17, 15) is 13.2 Å². The smallest absolute Gasteiger partial charge is 0.219 e. The molecule has 4 nitrogen and oxygen atoms in total. The summed E-state index contributed by atoms with van der Waals surface area (Å²) in [5.74, 6) is -0.590. The van der Waals surface area contributed by atoms with Crippen LogP contribution in [0.25, 0.3) is 0 Å². The number of carbonyl (C=O) groups is 1. The summed E-state index contributed by atoms with van der Waals surface area (Å²) in [6, 6.07) is 0. The summed E-state index contributed by atoms with van der Waals surface area (Å²) in [5, 5.41) is 3.85. The predicted molar refractivity (Wildman–Crippen MR) is 47.0 cm³/mol.